The summed E-state index contributed by atoms with van der Waals surface area (Å²) in [5.74, 6) is -10.6. The Morgan fingerprint density at radius 1 is 1.17 bits per heavy atom. The van der Waals surface area contributed by atoms with Crippen molar-refractivity contribution in [1.29, 1.82) is 0 Å². The van der Waals surface area contributed by atoms with Crippen LogP contribution in [0.15, 0.2) is 12.2 Å². The van der Waals surface area contributed by atoms with E-state index in [-0.39, 0.29) is 6.42 Å². The SMILES string of the molecule is C=C(CCC1(F)CCCC(F)(F)C1(F)F)C(=O)O. The van der Waals surface area contributed by atoms with Crippen molar-refractivity contribution in [3.05, 3.63) is 12.2 Å². The third kappa shape index (κ3) is 2.35. The zero-order chi connectivity index (χ0) is 14.2. The number of carboxylic acids is 1. The Labute approximate surface area is 100 Å². The molecule has 0 bridgehead atoms. The second-order valence-corrected chi connectivity index (χ2v) is 4.51. The van der Waals surface area contributed by atoms with Gasteiger partial charge in [-0.05, 0) is 25.7 Å². The van der Waals surface area contributed by atoms with Crippen LogP contribution in [0.25, 0.3) is 0 Å². The second-order valence-electron chi connectivity index (χ2n) is 4.51. The lowest BCUT2D eigenvalue weighted by molar-refractivity contribution is -0.293. The van der Waals surface area contributed by atoms with Gasteiger partial charge < -0.3 is 5.11 Å². The lowest BCUT2D eigenvalue weighted by Crippen LogP contribution is -2.59. The van der Waals surface area contributed by atoms with E-state index in [2.05, 4.69) is 6.58 Å². The highest BCUT2D eigenvalue weighted by Crippen LogP contribution is 2.54. The lowest BCUT2D eigenvalue weighted by Gasteiger charge is -2.42. The Morgan fingerprint density at radius 2 is 1.72 bits per heavy atom. The summed E-state index contributed by atoms with van der Waals surface area (Å²) >= 11 is 0. The fraction of sp³-hybridized carbons (Fsp3) is 0.727. The molecule has 1 saturated carbocycles. The van der Waals surface area contributed by atoms with Gasteiger partial charge in [-0.3, -0.25) is 0 Å². The molecule has 1 aliphatic rings. The molecule has 0 aromatic rings. The molecule has 18 heavy (non-hydrogen) atoms. The first-order chi connectivity index (χ1) is 8.03. The van der Waals surface area contributed by atoms with Gasteiger partial charge in [-0.2, -0.15) is 17.6 Å². The van der Waals surface area contributed by atoms with Crippen LogP contribution in [0.5, 0.6) is 0 Å². The van der Waals surface area contributed by atoms with Gasteiger partial charge in [0.1, 0.15) is 0 Å². The maximum Gasteiger partial charge on any atom is 0.343 e. The van der Waals surface area contributed by atoms with E-state index in [9.17, 15) is 26.7 Å². The monoisotopic (exact) mass is 272 g/mol. The number of hydrogen-bond donors (Lipinski definition) is 1. The van der Waals surface area contributed by atoms with Crippen molar-refractivity contribution < 1.29 is 31.9 Å². The van der Waals surface area contributed by atoms with Crippen LogP contribution in [0.4, 0.5) is 22.0 Å². The van der Waals surface area contributed by atoms with Gasteiger partial charge in [0.05, 0.1) is 0 Å². The first kappa shape index (κ1) is 14.9. The van der Waals surface area contributed by atoms with Crippen LogP contribution in [0.1, 0.15) is 32.1 Å². The minimum atomic E-state index is -4.78. The Hall–Kier alpha value is -1.14. The van der Waals surface area contributed by atoms with Crippen LogP contribution in [-0.2, 0) is 4.79 Å². The van der Waals surface area contributed by atoms with Gasteiger partial charge >= 0.3 is 17.8 Å². The number of rotatable bonds is 4. The van der Waals surface area contributed by atoms with Crippen molar-refractivity contribution in [2.24, 2.45) is 0 Å². The summed E-state index contributed by atoms with van der Waals surface area (Å²) in [6.45, 7) is 3.06. The fourth-order valence-corrected chi connectivity index (χ4v) is 1.97. The molecule has 0 radical (unpaired) electrons. The van der Waals surface area contributed by atoms with Gasteiger partial charge in [0, 0.05) is 12.0 Å². The zero-order valence-electron chi connectivity index (χ0n) is 9.49. The second kappa shape index (κ2) is 4.51. The molecule has 0 spiro atoms. The average Bonchev–Trinajstić information content (AvgIpc) is 2.23. The molecule has 0 heterocycles. The van der Waals surface area contributed by atoms with Crippen LogP contribution in [0, 0.1) is 0 Å². The van der Waals surface area contributed by atoms with Crippen molar-refractivity contribution in [1.82, 2.24) is 0 Å². The van der Waals surface area contributed by atoms with Gasteiger partial charge in [-0.15, -0.1) is 0 Å². The van der Waals surface area contributed by atoms with E-state index in [4.69, 9.17) is 5.11 Å². The normalized spacial score (nSPS) is 29.8. The molecule has 0 amide bonds. The van der Waals surface area contributed by atoms with E-state index in [1.807, 2.05) is 0 Å². The van der Waals surface area contributed by atoms with Gasteiger partial charge in [-0.25, -0.2) is 9.18 Å². The first-order valence-corrected chi connectivity index (χ1v) is 5.39. The third-order valence-electron chi connectivity index (χ3n) is 3.21. The molecule has 1 rings (SSSR count). The Balaban J connectivity index is 2.84. The van der Waals surface area contributed by atoms with Crippen LogP contribution < -0.4 is 0 Å². The largest absolute Gasteiger partial charge is 0.478 e. The highest BCUT2D eigenvalue weighted by Gasteiger charge is 2.70. The van der Waals surface area contributed by atoms with E-state index < -0.39 is 54.7 Å². The summed E-state index contributed by atoms with van der Waals surface area (Å²) in [4.78, 5) is 10.4. The standard InChI is InChI=1S/C11H13F5O2/c1-7(8(17)18)3-6-9(12)4-2-5-10(13,14)11(9,15)16/h1-6H2,(H,17,18). The quantitative estimate of drug-likeness (QED) is 0.627. The highest BCUT2D eigenvalue weighted by molar-refractivity contribution is 5.85. The molecule has 1 aliphatic carbocycles. The molecule has 1 N–H and O–H groups in total. The molecule has 0 aromatic carbocycles. The average molecular weight is 272 g/mol. The van der Waals surface area contributed by atoms with Crippen LogP contribution in [0.3, 0.4) is 0 Å². The van der Waals surface area contributed by atoms with E-state index in [1.54, 1.807) is 0 Å². The van der Waals surface area contributed by atoms with Gasteiger partial charge in [0.2, 0.25) is 0 Å². The van der Waals surface area contributed by atoms with Crippen LogP contribution in [0.2, 0.25) is 0 Å². The molecule has 104 valence electrons. The molecule has 1 atom stereocenters. The molecular weight excluding hydrogens is 259 g/mol. The van der Waals surface area contributed by atoms with Crippen LogP contribution in [-0.4, -0.2) is 28.6 Å². The summed E-state index contributed by atoms with van der Waals surface area (Å²) in [5, 5.41) is 8.47. The minimum absolute atomic E-state index is 0.362. The predicted octanol–water partition coefficient (Wildman–Crippen LogP) is 3.57. The van der Waals surface area contributed by atoms with Crippen molar-refractivity contribution in [2.75, 3.05) is 0 Å². The van der Waals surface area contributed by atoms with Crippen molar-refractivity contribution >= 4 is 5.97 Å². The summed E-state index contributed by atoms with van der Waals surface area (Å²) in [6, 6.07) is 0. The molecule has 1 unspecified atom stereocenters. The summed E-state index contributed by atoms with van der Waals surface area (Å²) < 4.78 is 66.8. The summed E-state index contributed by atoms with van der Waals surface area (Å²) in [6.07, 6.45) is -3.69. The molecule has 2 nitrogen and oxygen atoms in total. The van der Waals surface area contributed by atoms with Gasteiger partial charge in [-0.1, -0.05) is 6.58 Å². The molecule has 0 aromatic heterocycles. The number of halogens is 5. The number of aliphatic carboxylic acids is 1. The highest BCUT2D eigenvalue weighted by atomic mass is 19.3. The fourth-order valence-electron chi connectivity index (χ4n) is 1.97. The van der Waals surface area contributed by atoms with E-state index in [0.29, 0.717) is 0 Å². The predicted molar refractivity (Wildman–Crippen MR) is 53.6 cm³/mol. The Bertz CT molecular complexity index is 366. The molecule has 7 heteroatoms. The number of carbonyl (C=O) groups is 1. The van der Waals surface area contributed by atoms with Crippen molar-refractivity contribution in [2.45, 2.75) is 49.6 Å². The number of alkyl halides is 5. The maximum atomic E-state index is 14.0. The topological polar surface area (TPSA) is 37.3 Å². The van der Waals surface area contributed by atoms with E-state index in [1.165, 1.54) is 0 Å². The number of carboxylic acid groups (broad SMARTS) is 1. The van der Waals surface area contributed by atoms with E-state index in [0.717, 1.165) is 0 Å². The van der Waals surface area contributed by atoms with Gasteiger partial charge in [0.15, 0.2) is 5.67 Å². The van der Waals surface area contributed by atoms with Crippen molar-refractivity contribution in [3.63, 3.8) is 0 Å². The summed E-state index contributed by atoms with van der Waals surface area (Å²) in [7, 11) is 0. The molecule has 1 fully saturated rings. The summed E-state index contributed by atoms with van der Waals surface area (Å²) in [5.41, 5.74) is -3.86. The Morgan fingerprint density at radius 3 is 2.22 bits per heavy atom. The Kier molecular flexibility index (Phi) is 3.74. The maximum absolute atomic E-state index is 14.0. The lowest BCUT2D eigenvalue weighted by atomic mass is 9.77. The van der Waals surface area contributed by atoms with E-state index >= 15 is 0 Å². The molecular formula is C11H13F5O2. The minimum Gasteiger partial charge on any atom is -0.478 e. The van der Waals surface area contributed by atoms with Crippen LogP contribution >= 0.6 is 0 Å². The van der Waals surface area contributed by atoms with Crippen molar-refractivity contribution in [3.8, 4) is 0 Å². The molecule has 0 saturated heterocycles. The zero-order valence-corrected chi connectivity index (χ0v) is 9.49. The first-order valence-electron chi connectivity index (χ1n) is 5.39. The van der Waals surface area contributed by atoms with Gasteiger partial charge in [0.25, 0.3) is 0 Å². The third-order valence-corrected chi connectivity index (χ3v) is 3.21. The number of hydrogen-bond acceptors (Lipinski definition) is 1. The molecule has 0 aliphatic heterocycles. The smallest absolute Gasteiger partial charge is 0.343 e.